The fourth-order valence-electron chi connectivity index (χ4n) is 5.35. The molecule has 5 N–H and O–H groups in total. The van der Waals surface area contributed by atoms with Crippen LogP contribution < -0.4 is 22.5 Å². The van der Waals surface area contributed by atoms with Gasteiger partial charge in [0.25, 0.3) is 0 Å². The first-order chi connectivity index (χ1) is 18.4. The maximum atomic E-state index is 12.8. The highest BCUT2D eigenvalue weighted by molar-refractivity contribution is 5.89. The fourth-order valence-corrected chi connectivity index (χ4v) is 5.35. The Morgan fingerprint density at radius 3 is 2.21 bits per heavy atom. The molecule has 0 bridgehead atoms. The van der Waals surface area contributed by atoms with E-state index in [1.807, 2.05) is 12.1 Å². The Bertz CT molecular complexity index is 1230. The first-order valence-corrected chi connectivity index (χ1v) is 13.6. The molecule has 2 fully saturated rings. The van der Waals surface area contributed by atoms with E-state index in [9.17, 15) is 14.4 Å². The van der Waals surface area contributed by atoms with Gasteiger partial charge in [0.05, 0.1) is 11.2 Å². The molecule has 2 aromatic rings. The van der Waals surface area contributed by atoms with Crippen LogP contribution in [0.15, 0.2) is 41.3 Å². The van der Waals surface area contributed by atoms with Crippen molar-refractivity contribution < 1.29 is 9.59 Å². The zero-order valence-corrected chi connectivity index (χ0v) is 23.5. The summed E-state index contributed by atoms with van der Waals surface area (Å²) in [6.07, 6.45) is 2.77. The second-order valence-corrected chi connectivity index (χ2v) is 12.0. The normalized spacial score (nSPS) is 18.9. The molecule has 39 heavy (non-hydrogen) atoms. The molecule has 2 aliphatic heterocycles. The molecular formula is C28H42N8O3. The SMILES string of the molecule is CC(C)(N)C(=O)N1CCN(C(=O)Nc2ccn(-c3ccc(C(C)(C)CN4CC[C@@H](CN)C4)cc3)c(=O)n2)CC1. The second-order valence-electron chi connectivity index (χ2n) is 12.0. The molecule has 1 atom stereocenters. The van der Waals surface area contributed by atoms with Gasteiger partial charge in [-0.2, -0.15) is 4.98 Å². The number of anilines is 1. The molecule has 212 valence electrons. The molecule has 3 heterocycles. The largest absolute Gasteiger partial charge is 0.354 e. The lowest BCUT2D eigenvalue weighted by Gasteiger charge is -2.37. The lowest BCUT2D eigenvalue weighted by molar-refractivity contribution is -0.137. The number of nitrogens with zero attached hydrogens (tertiary/aromatic N) is 5. The molecule has 1 aromatic heterocycles. The van der Waals surface area contributed by atoms with E-state index in [1.165, 1.54) is 10.1 Å². The molecule has 1 aromatic carbocycles. The Balaban J connectivity index is 1.35. The van der Waals surface area contributed by atoms with Crippen LogP contribution in [0.3, 0.4) is 0 Å². The van der Waals surface area contributed by atoms with Gasteiger partial charge in [-0.1, -0.05) is 26.0 Å². The highest BCUT2D eigenvalue weighted by Crippen LogP contribution is 2.28. The zero-order valence-electron chi connectivity index (χ0n) is 23.5. The monoisotopic (exact) mass is 538 g/mol. The van der Waals surface area contributed by atoms with Crippen LogP contribution in [0.2, 0.25) is 0 Å². The summed E-state index contributed by atoms with van der Waals surface area (Å²) in [5.74, 6) is 0.624. The standard InChI is InChI=1S/C28H42N8O3/c1-27(2,19-33-11-9-20(17-29)18-33)21-5-7-22(8-6-21)36-12-10-23(32-26(36)39)31-25(38)35-15-13-34(14-16-35)24(37)28(3,4)30/h5-8,10,12,20H,9,11,13-19,29-30H2,1-4H3,(H,31,32,38,39)/t20-/m0/s1. The number of benzene rings is 1. The van der Waals surface area contributed by atoms with Crippen LogP contribution in [0.4, 0.5) is 10.6 Å². The van der Waals surface area contributed by atoms with Gasteiger partial charge in [-0.3, -0.25) is 14.7 Å². The van der Waals surface area contributed by atoms with Gasteiger partial charge in [-0.15, -0.1) is 0 Å². The first kappa shape index (κ1) is 28.7. The molecule has 3 amide bonds. The van der Waals surface area contributed by atoms with Gasteiger partial charge >= 0.3 is 11.7 Å². The summed E-state index contributed by atoms with van der Waals surface area (Å²) in [7, 11) is 0. The summed E-state index contributed by atoms with van der Waals surface area (Å²) in [6.45, 7) is 13.2. The number of nitrogens with two attached hydrogens (primary N) is 2. The molecule has 11 nitrogen and oxygen atoms in total. The van der Waals surface area contributed by atoms with E-state index >= 15 is 0 Å². The van der Waals surface area contributed by atoms with Crippen LogP contribution >= 0.6 is 0 Å². The number of rotatable bonds is 7. The number of amides is 3. The average Bonchev–Trinajstić information content (AvgIpc) is 3.35. The van der Waals surface area contributed by atoms with Crippen molar-refractivity contribution in [3.8, 4) is 5.69 Å². The third kappa shape index (κ3) is 6.84. The number of likely N-dealkylation sites (tertiary alicyclic amines) is 1. The third-order valence-electron chi connectivity index (χ3n) is 7.69. The highest BCUT2D eigenvalue weighted by atomic mass is 16.2. The quantitative estimate of drug-likeness (QED) is 0.481. The minimum Gasteiger partial charge on any atom is -0.338 e. The maximum Gasteiger partial charge on any atom is 0.354 e. The Morgan fingerprint density at radius 2 is 1.64 bits per heavy atom. The number of carbonyl (C=O) groups is 2. The maximum absolute atomic E-state index is 12.8. The van der Waals surface area contributed by atoms with Crippen molar-refractivity contribution in [3.63, 3.8) is 0 Å². The molecular weight excluding hydrogens is 496 g/mol. The molecule has 0 aliphatic carbocycles. The van der Waals surface area contributed by atoms with Crippen molar-refractivity contribution >= 4 is 17.8 Å². The Hall–Kier alpha value is -3.28. The fraction of sp³-hybridized carbons (Fsp3) is 0.571. The van der Waals surface area contributed by atoms with Crippen molar-refractivity contribution in [3.05, 3.63) is 52.6 Å². The molecule has 4 rings (SSSR count). The lowest BCUT2D eigenvalue weighted by Crippen LogP contribution is -2.58. The first-order valence-electron chi connectivity index (χ1n) is 13.6. The summed E-state index contributed by atoms with van der Waals surface area (Å²) in [6, 6.07) is 9.22. The van der Waals surface area contributed by atoms with Crippen LogP contribution in [-0.4, -0.2) is 94.1 Å². The zero-order chi connectivity index (χ0) is 28.4. The molecule has 0 saturated carbocycles. The minimum absolute atomic E-state index is 0.0430. The molecule has 2 aliphatic rings. The lowest BCUT2D eigenvalue weighted by atomic mass is 9.84. The van der Waals surface area contributed by atoms with Gasteiger partial charge in [-0.05, 0) is 63.0 Å². The Labute approximate surface area is 230 Å². The Morgan fingerprint density at radius 1 is 1.00 bits per heavy atom. The molecule has 11 heteroatoms. The third-order valence-corrected chi connectivity index (χ3v) is 7.69. The summed E-state index contributed by atoms with van der Waals surface area (Å²) in [5.41, 5.74) is 12.2. The molecule has 0 radical (unpaired) electrons. The number of aromatic nitrogens is 2. The topological polar surface area (TPSA) is 143 Å². The minimum atomic E-state index is -0.947. The molecule has 2 saturated heterocycles. The van der Waals surface area contributed by atoms with E-state index in [2.05, 4.69) is 41.2 Å². The van der Waals surface area contributed by atoms with E-state index in [4.69, 9.17) is 11.5 Å². The highest BCUT2D eigenvalue weighted by Gasteiger charge is 2.32. The summed E-state index contributed by atoms with van der Waals surface area (Å²) in [4.78, 5) is 47.7. The molecule has 0 spiro atoms. The van der Waals surface area contributed by atoms with E-state index in [-0.39, 0.29) is 23.2 Å². The van der Waals surface area contributed by atoms with Gasteiger partial charge in [-0.25, -0.2) is 9.59 Å². The van der Waals surface area contributed by atoms with E-state index in [0.717, 1.165) is 32.6 Å². The van der Waals surface area contributed by atoms with E-state index in [0.29, 0.717) is 37.8 Å². The van der Waals surface area contributed by atoms with Crippen molar-refractivity contribution in [2.24, 2.45) is 17.4 Å². The van der Waals surface area contributed by atoms with Crippen molar-refractivity contribution in [2.75, 3.05) is 57.7 Å². The van der Waals surface area contributed by atoms with Crippen LogP contribution in [0.25, 0.3) is 5.69 Å². The van der Waals surface area contributed by atoms with E-state index < -0.39 is 11.2 Å². The second kappa shape index (κ2) is 11.4. The predicted octanol–water partition coefficient (Wildman–Crippen LogP) is 1.20. The van der Waals surface area contributed by atoms with Crippen LogP contribution in [-0.2, 0) is 10.2 Å². The Kier molecular flexibility index (Phi) is 8.43. The summed E-state index contributed by atoms with van der Waals surface area (Å²) in [5, 5.41) is 2.70. The summed E-state index contributed by atoms with van der Waals surface area (Å²) >= 11 is 0. The van der Waals surface area contributed by atoms with E-state index in [1.54, 1.807) is 35.9 Å². The number of nitrogens with one attached hydrogen (secondary N) is 1. The van der Waals surface area contributed by atoms with Gasteiger partial charge in [0.15, 0.2) is 0 Å². The van der Waals surface area contributed by atoms with Crippen LogP contribution in [0, 0.1) is 5.92 Å². The van der Waals surface area contributed by atoms with Gasteiger partial charge in [0.1, 0.15) is 5.82 Å². The van der Waals surface area contributed by atoms with Gasteiger partial charge in [0.2, 0.25) is 5.91 Å². The van der Waals surface area contributed by atoms with Crippen LogP contribution in [0.1, 0.15) is 39.7 Å². The molecule has 0 unspecified atom stereocenters. The number of hydrogen-bond donors (Lipinski definition) is 3. The van der Waals surface area contributed by atoms with Gasteiger partial charge < -0.3 is 26.2 Å². The number of carbonyl (C=O) groups excluding carboxylic acids is 2. The predicted molar refractivity (Wildman–Crippen MR) is 152 cm³/mol. The number of piperazine rings is 1. The van der Waals surface area contributed by atoms with Crippen molar-refractivity contribution in [1.29, 1.82) is 0 Å². The van der Waals surface area contributed by atoms with Crippen LogP contribution in [0.5, 0.6) is 0 Å². The average molecular weight is 539 g/mol. The van der Waals surface area contributed by atoms with Crippen molar-refractivity contribution in [1.82, 2.24) is 24.3 Å². The number of hydrogen-bond acceptors (Lipinski definition) is 7. The number of urea groups is 1. The summed E-state index contributed by atoms with van der Waals surface area (Å²) < 4.78 is 1.46. The van der Waals surface area contributed by atoms with Gasteiger partial charge in [0, 0.05) is 50.9 Å². The smallest absolute Gasteiger partial charge is 0.338 e. The van der Waals surface area contributed by atoms with Crippen molar-refractivity contribution in [2.45, 2.75) is 45.1 Å².